The molecule has 0 rings (SSSR count). The third kappa shape index (κ3) is 5.29. The number of hydrogen-bond donors (Lipinski definition) is 2. The molecule has 0 saturated heterocycles. The molecule has 2 nitrogen and oxygen atoms in total. The van der Waals surface area contributed by atoms with Crippen LogP contribution in [0.3, 0.4) is 0 Å². The highest BCUT2D eigenvalue weighted by molar-refractivity contribution is 7.81. The van der Waals surface area contributed by atoms with Gasteiger partial charge in [0.25, 0.3) is 0 Å². The number of thiol groups is 1. The second-order valence-electron chi connectivity index (χ2n) is 2.99. The van der Waals surface area contributed by atoms with Crippen LogP contribution < -0.4 is 5.32 Å². The van der Waals surface area contributed by atoms with Gasteiger partial charge in [-0.05, 0) is 13.8 Å². The van der Waals surface area contributed by atoms with E-state index in [0.29, 0.717) is 0 Å². The van der Waals surface area contributed by atoms with E-state index >= 15 is 0 Å². The Morgan fingerprint density at radius 3 is 2.08 bits per heavy atom. The van der Waals surface area contributed by atoms with Gasteiger partial charge in [-0.2, -0.15) is 25.8 Å². The smallest absolute Gasteiger partial charge is 0.347 e. The highest BCUT2D eigenvalue weighted by Crippen LogP contribution is 2.15. The number of hydrogen-bond acceptors (Lipinski definition) is 2. The van der Waals surface area contributed by atoms with Gasteiger partial charge in [0.2, 0.25) is 0 Å². The fourth-order valence-corrected chi connectivity index (χ4v) is 0.476. The second-order valence-corrected chi connectivity index (χ2v) is 4.20. The summed E-state index contributed by atoms with van der Waals surface area (Å²) in [5, 5.41) is 1.72. The predicted molar refractivity (Wildman–Crippen MR) is 42.1 cm³/mol. The molecule has 0 heterocycles. The summed E-state index contributed by atoms with van der Waals surface area (Å²) in [5.41, 5.74) is 0. The summed E-state index contributed by atoms with van der Waals surface area (Å²) in [6.45, 7) is 3.09. The van der Waals surface area contributed by atoms with Gasteiger partial charge in [0, 0.05) is 11.3 Å². The summed E-state index contributed by atoms with van der Waals surface area (Å²) in [6.07, 6.45) is -4.81. The maximum Gasteiger partial charge on any atom is 0.471 e. The van der Waals surface area contributed by atoms with Crippen LogP contribution >= 0.6 is 12.6 Å². The number of alkyl halides is 3. The molecule has 0 saturated carbocycles. The van der Waals surface area contributed by atoms with Gasteiger partial charge in [-0.15, -0.1) is 0 Å². The molecule has 0 unspecified atom stereocenters. The zero-order chi connectivity index (χ0) is 9.99. The molecule has 6 heteroatoms. The molecule has 0 bridgehead atoms. The third-order valence-electron chi connectivity index (χ3n) is 0.939. The summed E-state index contributed by atoms with van der Waals surface area (Å²) >= 11 is 3.94. The standard InChI is InChI=1S/C6H10F3NOS/c1-5(2,12)3-10-4(11)6(7,8)9/h12H,3H2,1-2H3,(H,10,11). The van der Waals surface area contributed by atoms with E-state index in [1.165, 1.54) is 0 Å². The van der Waals surface area contributed by atoms with Gasteiger partial charge < -0.3 is 5.32 Å². The van der Waals surface area contributed by atoms with Crippen LogP contribution in [-0.4, -0.2) is 23.4 Å². The van der Waals surface area contributed by atoms with E-state index < -0.39 is 16.8 Å². The quantitative estimate of drug-likeness (QED) is 0.649. The Bertz CT molecular complexity index is 173. The molecule has 12 heavy (non-hydrogen) atoms. The lowest BCUT2D eigenvalue weighted by Gasteiger charge is -2.18. The minimum Gasteiger partial charge on any atom is -0.347 e. The van der Waals surface area contributed by atoms with Gasteiger partial charge >= 0.3 is 12.1 Å². The average molecular weight is 201 g/mol. The number of carbonyl (C=O) groups is 1. The lowest BCUT2D eigenvalue weighted by molar-refractivity contribution is -0.173. The number of amides is 1. The fourth-order valence-electron chi connectivity index (χ4n) is 0.397. The van der Waals surface area contributed by atoms with Crippen LogP contribution in [0.2, 0.25) is 0 Å². The molecule has 0 radical (unpaired) electrons. The Hall–Kier alpha value is -0.390. The molecule has 0 aliphatic rings. The van der Waals surface area contributed by atoms with Gasteiger partial charge in [-0.1, -0.05) is 0 Å². The maximum atomic E-state index is 11.6. The van der Waals surface area contributed by atoms with Crippen molar-refractivity contribution >= 4 is 18.5 Å². The highest BCUT2D eigenvalue weighted by atomic mass is 32.1. The SMILES string of the molecule is CC(C)(S)CNC(=O)C(F)(F)F. The maximum absolute atomic E-state index is 11.6. The van der Waals surface area contributed by atoms with Gasteiger partial charge in [0.1, 0.15) is 0 Å². The first-order valence-electron chi connectivity index (χ1n) is 3.20. The lowest BCUT2D eigenvalue weighted by Crippen LogP contribution is -2.42. The van der Waals surface area contributed by atoms with E-state index in [2.05, 4.69) is 12.6 Å². The molecule has 72 valence electrons. The van der Waals surface area contributed by atoms with Crippen LogP contribution in [0.5, 0.6) is 0 Å². The van der Waals surface area contributed by atoms with Crippen LogP contribution in [0.1, 0.15) is 13.8 Å². The molecule has 0 aliphatic heterocycles. The Kier molecular flexibility index (Phi) is 3.44. The zero-order valence-corrected chi connectivity index (χ0v) is 7.59. The summed E-state index contributed by atoms with van der Waals surface area (Å²) in [6, 6.07) is 0. The Labute approximate surface area is 73.9 Å². The Morgan fingerprint density at radius 1 is 1.42 bits per heavy atom. The van der Waals surface area contributed by atoms with Gasteiger partial charge in [-0.25, -0.2) is 0 Å². The number of nitrogens with one attached hydrogen (secondary N) is 1. The minimum absolute atomic E-state index is 0.117. The highest BCUT2D eigenvalue weighted by Gasteiger charge is 2.38. The molecule has 0 spiro atoms. The van der Waals surface area contributed by atoms with Crippen molar-refractivity contribution in [1.82, 2.24) is 5.32 Å². The van der Waals surface area contributed by atoms with Crippen LogP contribution in [0.4, 0.5) is 13.2 Å². The predicted octanol–water partition coefficient (Wildman–Crippen LogP) is 1.37. The van der Waals surface area contributed by atoms with Crippen molar-refractivity contribution in [3.8, 4) is 0 Å². The van der Waals surface area contributed by atoms with Crippen molar-refractivity contribution in [2.24, 2.45) is 0 Å². The zero-order valence-electron chi connectivity index (χ0n) is 6.70. The van der Waals surface area contributed by atoms with Crippen molar-refractivity contribution < 1.29 is 18.0 Å². The van der Waals surface area contributed by atoms with Crippen molar-refractivity contribution in [2.75, 3.05) is 6.54 Å². The fraction of sp³-hybridized carbons (Fsp3) is 0.833. The van der Waals surface area contributed by atoms with Gasteiger partial charge in [0.15, 0.2) is 0 Å². The van der Waals surface area contributed by atoms with Crippen molar-refractivity contribution in [3.63, 3.8) is 0 Å². The lowest BCUT2D eigenvalue weighted by atomic mass is 10.2. The first-order valence-corrected chi connectivity index (χ1v) is 3.65. The number of rotatable bonds is 2. The van der Waals surface area contributed by atoms with Gasteiger partial charge in [-0.3, -0.25) is 4.79 Å². The van der Waals surface area contributed by atoms with Crippen LogP contribution in [-0.2, 0) is 4.79 Å². The van der Waals surface area contributed by atoms with Gasteiger partial charge in [0.05, 0.1) is 0 Å². The van der Waals surface area contributed by atoms with Crippen LogP contribution in [0.15, 0.2) is 0 Å². The van der Waals surface area contributed by atoms with E-state index in [0.717, 1.165) is 0 Å². The van der Waals surface area contributed by atoms with Crippen molar-refractivity contribution in [1.29, 1.82) is 0 Å². The molecule has 0 aliphatic carbocycles. The molecular weight excluding hydrogens is 191 g/mol. The van der Waals surface area contributed by atoms with Crippen molar-refractivity contribution in [2.45, 2.75) is 24.8 Å². The first-order chi connectivity index (χ1) is 5.13. The summed E-state index contributed by atoms with van der Waals surface area (Å²) < 4.78 is 34.1. The van der Waals surface area contributed by atoms with E-state index in [4.69, 9.17) is 0 Å². The molecule has 0 aromatic rings. The van der Waals surface area contributed by atoms with E-state index in [9.17, 15) is 18.0 Å². The minimum atomic E-state index is -4.81. The number of carbonyl (C=O) groups excluding carboxylic acids is 1. The monoisotopic (exact) mass is 201 g/mol. The normalized spacial score (nSPS) is 12.8. The van der Waals surface area contributed by atoms with E-state index in [-0.39, 0.29) is 6.54 Å². The summed E-state index contributed by atoms with van der Waals surface area (Å²) in [4.78, 5) is 10.2. The number of halogens is 3. The summed E-state index contributed by atoms with van der Waals surface area (Å²) in [5.74, 6) is -1.93. The topological polar surface area (TPSA) is 29.1 Å². The molecule has 0 atom stereocenters. The molecule has 1 N–H and O–H groups in total. The largest absolute Gasteiger partial charge is 0.471 e. The Morgan fingerprint density at radius 2 is 1.83 bits per heavy atom. The molecule has 0 aromatic carbocycles. The Balaban J connectivity index is 3.90. The van der Waals surface area contributed by atoms with E-state index in [1.54, 1.807) is 19.2 Å². The van der Waals surface area contributed by atoms with E-state index in [1.807, 2.05) is 0 Å². The van der Waals surface area contributed by atoms with Crippen molar-refractivity contribution in [3.05, 3.63) is 0 Å². The van der Waals surface area contributed by atoms with Crippen LogP contribution in [0.25, 0.3) is 0 Å². The molecular formula is C6H10F3NOS. The molecule has 1 amide bonds. The molecule has 0 fully saturated rings. The second kappa shape index (κ2) is 3.55. The average Bonchev–Trinajstić information content (AvgIpc) is 1.78. The van der Waals surface area contributed by atoms with Crippen LogP contribution in [0, 0.1) is 0 Å². The molecule has 0 aromatic heterocycles. The first kappa shape index (κ1) is 11.6. The third-order valence-corrected chi connectivity index (χ3v) is 1.10. The summed E-state index contributed by atoms with van der Waals surface area (Å²) in [7, 11) is 0.